The Bertz CT molecular complexity index is 658. The molecule has 11 nitrogen and oxygen atoms in total. The molecule has 0 atom stereocenters. The van der Waals surface area contributed by atoms with Crippen molar-refractivity contribution in [2.75, 3.05) is 53.6 Å². The summed E-state index contributed by atoms with van der Waals surface area (Å²) in [7, 11) is -1.59. The highest BCUT2D eigenvalue weighted by atomic mass is 32.3. The van der Waals surface area contributed by atoms with Gasteiger partial charge in [0.05, 0.1) is 14.2 Å². The topological polar surface area (TPSA) is 145 Å². The van der Waals surface area contributed by atoms with Gasteiger partial charge in [0.2, 0.25) is 10.4 Å². The standard InChI is InChI=1S/C25H48NO6.CH4O4S/c1-5-8-11-14-23(27)30-20-17-26(4,18-21-31-24(28)15-12-9-6-2)19-22-32-25(29)16-13-10-7-3;1-5-6(2,3)4/h5-22H2,1-4H3;1H3,(H,2,3,4)/q+1;/p-1. The number of unbranched alkanes of at least 4 members (excludes halogenated alkanes) is 6. The van der Waals surface area contributed by atoms with Gasteiger partial charge in [-0.1, -0.05) is 59.3 Å². The maximum absolute atomic E-state index is 11.9. The zero-order valence-electron chi connectivity index (χ0n) is 24.2. The zero-order chi connectivity index (χ0) is 29.3. The Labute approximate surface area is 230 Å². The molecule has 0 radical (unpaired) electrons. The van der Waals surface area contributed by atoms with Crippen LogP contribution in [0.4, 0.5) is 0 Å². The minimum absolute atomic E-state index is 0.172. The van der Waals surface area contributed by atoms with Crippen molar-refractivity contribution in [3.8, 4) is 0 Å². The maximum atomic E-state index is 11.9. The Morgan fingerprint density at radius 3 is 1.11 bits per heavy atom. The van der Waals surface area contributed by atoms with E-state index >= 15 is 0 Å². The van der Waals surface area contributed by atoms with Crippen LogP contribution in [0.15, 0.2) is 0 Å². The van der Waals surface area contributed by atoms with Crippen LogP contribution in [0.3, 0.4) is 0 Å². The smallest absolute Gasteiger partial charge is 0.305 e. The van der Waals surface area contributed by atoms with Crippen molar-refractivity contribution in [3.05, 3.63) is 0 Å². The first-order valence-electron chi connectivity index (χ1n) is 13.7. The molecular formula is C26H51NO10S. The third kappa shape index (κ3) is 27.3. The van der Waals surface area contributed by atoms with Crippen LogP contribution in [-0.4, -0.2) is 89.0 Å². The molecule has 12 heteroatoms. The predicted molar refractivity (Wildman–Crippen MR) is 143 cm³/mol. The molecule has 0 aliphatic carbocycles. The number of nitrogens with zero attached hydrogens (tertiary/aromatic N) is 1. The molecule has 0 heterocycles. The first-order valence-corrected chi connectivity index (χ1v) is 15.1. The first kappa shape index (κ1) is 38.4. The molecule has 0 fully saturated rings. The summed E-state index contributed by atoms with van der Waals surface area (Å²) in [5.74, 6) is -0.515. The van der Waals surface area contributed by atoms with E-state index in [-0.39, 0.29) is 17.9 Å². The van der Waals surface area contributed by atoms with E-state index in [4.69, 9.17) is 14.2 Å². The number of hydrogen-bond donors (Lipinski definition) is 0. The van der Waals surface area contributed by atoms with Crippen molar-refractivity contribution in [1.29, 1.82) is 0 Å². The molecule has 0 aliphatic heterocycles. The molecule has 0 saturated heterocycles. The highest BCUT2D eigenvalue weighted by Crippen LogP contribution is 2.07. The fourth-order valence-corrected chi connectivity index (χ4v) is 3.25. The predicted octanol–water partition coefficient (Wildman–Crippen LogP) is 3.90. The van der Waals surface area contributed by atoms with Crippen LogP contribution < -0.4 is 0 Å². The lowest BCUT2D eigenvalue weighted by Gasteiger charge is -2.34. The van der Waals surface area contributed by atoms with Gasteiger partial charge in [-0.15, -0.1) is 0 Å². The van der Waals surface area contributed by atoms with E-state index in [1.54, 1.807) is 0 Å². The molecule has 226 valence electrons. The lowest BCUT2D eigenvalue weighted by atomic mass is 10.2. The van der Waals surface area contributed by atoms with Crippen LogP contribution in [0.1, 0.15) is 97.8 Å². The van der Waals surface area contributed by atoms with Crippen LogP contribution in [0.25, 0.3) is 0 Å². The van der Waals surface area contributed by atoms with E-state index in [1.807, 2.05) is 7.05 Å². The highest BCUT2D eigenvalue weighted by molar-refractivity contribution is 7.80. The Hall–Kier alpha value is -1.76. The summed E-state index contributed by atoms with van der Waals surface area (Å²) in [4.78, 5) is 35.7. The quantitative estimate of drug-likeness (QED) is 0.0470. The summed E-state index contributed by atoms with van der Waals surface area (Å²) < 4.78 is 47.7. The fourth-order valence-electron chi connectivity index (χ4n) is 3.25. The fraction of sp³-hybridized carbons (Fsp3) is 0.885. The second kappa shape index (κ2) is 24.3. The minimum Gasteiger partial charge on any atom is -0.726 e. The van der Waals surface area contributed by atoms with Gasteiger partial charge in [0, 0.05) is 19.3 Å². The van der Waals surface area contributed by atoms with E-state index in [0.29, 0.717) is 63.2 Å². The van der Waals surface area contributed by atoms with Gasteiger partial charge in [-0.2, -0.15) is 0 Å². The molecule has 0 aromatic rings. The van der Waals surface area contributed by atoms with Crippen molar-refractivity contribution in [2.24, 2.45) is 0 Å². The number of rotatable bonds is 22. The van der Waals surface area contributed by atoms with Crippen molar-refractivity contribution >= 4 is 28.3 Å². The second-order valence-electron chi connectivity index (χ2n) is 9.40. The van der Waals surface area contributed by atoms with Crippen LogP contribution in [-0.2, 0) is 43.2 Å². The molecule has 38 heavy (non-hydrogen) atoms. The summed E-state index contributed by atoms with van der Waals surface area (Å²) in [5.41, 5.74) is 0. The molecule has 0 N–H and O–H groups in total. The third-order valence-electron chi connectivity index (χ3n) is 5.84. The first-order chi connectivity index (χ1) is 17.9. The molecule has 0 aromatic carbocycles. The van der Waals surface area contributed by atoms with Crippen molar-refractivity contribution in [1.82, 2.24) is 0 Å². The Morgan fingerprint density at radius 2 is 0.895 bits per heavy atom. The molecule has 0 rings (SSSR count). The number of ether oxygens (including phenoxy) is 3. The summed E-state index contributed by atoms with van der Waals surface area (Å²) in [5, 5.41) is 0. The second-order valence-corrected chi connectivity index (χ2v) is 10.5. The number of likely N-dealkylation sites (N-methyl/N-ethyl adjacent to an activating group) is 1. The van der Waals surface area contributed by atoms with E-state index < -0.39 is 10.4 Å². The van der Waals surface area contributed by atoms with Gasteiger partial charge in [0.1, 0.15) is 39.5 Å². The van der Waals surface area contributed by atoms with Gasteiger partial charge in [0.15, 0.2) is 0 Å². The number of hydrogen-bond acceptors (Lipinski definition) is 10. The normalized spacial score (nSPS) is 11.3. The molecule has 0 spiro atoms. The number of carbonyl (C=O) groups excluding carboxylic acids is 3. The lowest BCUT2D eigenvalue weighted by molar-refractivity contribution is -0.910. The largest absolute Gasteiger partial charge is 0.726 e. The minimum atomic E-state index is -4.41. The molecule has 0 saturated carbocycles. The molecule has 0 bridgehead atoms. The summed E-state index contributed by atoms with van der Waals surface area (Å²) in [6, 6.07) is 0. The van der Waals surface area contributed by atoms with Gasteiger partial charge in [-0.25, -0.2) is 8.42 Å². The van der Waals surface area contributed by atoms with E-state index in [2.05, 4.69) is 25.0 Å². The molecule has 0 aliphatic rings. The SMILES string of the molecule is CCCCCC(=O)OCC[N+](C)(CCOC(=O)CCCCC)CCOC(=O)CCCCC.COS(=O)(=O)[O-]. The molecule has 0 amide bonds. The van der Waals surface area contributed by atoms with Crippen molar-refractivity contribution in [3.63, 3.8) is 0 Å². The van der Waals surface area contributed by atoms with E-state index in [1.165, 1.54) is 0 Å². The molecule has 0 unspecified atom stereocenters. The van der Waals surface area contributed by atoms with Crippen LogP contribution >= 0.6 is 0 Å². The highest BCUT2D eigenvalue weighted by Gasteiger charge is 2.23. The van der Waals surface area contributed by atoms with Gasteiger partial charge >= 0.3 is 17.9 Å². The monoisotopic (exact) mass is 569 g/mol. The Balaban J connectivity index is 0. The Morgan fingerprint density at radius 1 is 0.632 bits per heavy atom. The van der Waals surface area contributed by atoms with E-state index in [0.717, 1.165) is 64.9 Å². The van der Waals surface area contributed by atoms with Gasteiger partial charge < -0.3 is 23.2 Å². The molecular weight excluding hydrogens is 518 g/mol. The van der Waals surface area contributed by atoms with Crippen LogP contribution in [0.5, 0.6) is 0 Å². The van der Waals surface area contributed by atoms with Crippen LogP contribution in [0, 0.1) is 0 Å². The van der Waals surface area contributed by atoms with Gasteiger partial charge in [0.25, 0.3) is 0 Å². The number of carbonyl (C=O) groups is 3. The summed E-state index contributed by atoms with van der Waals surface area (Å²) >= 11 is 0. The van der Waals surface area contributed by atoms with Crippen molar-refractivity contribution < 1.29 is 50.2 Å². The van der Waals surface area contributed by atoms with E-state index in [9.17, 15) is 27.4 Å². The number of esters is 3. The lowest BCUT2D eigenvalue weighted by Crippen LogP contribution is -2.51. The summed E-state index contributed by atoms with van der Waals surface area (Å²) in [6.07, 6.45) is 10.2. The summed E-state index contributed by atoms with van der Waals surface area (Å²) in [6.45, 7) is 8.95. The van der Waals surface area contributed by atoms with Gasteiger partial charge in [-0.3, -0.25) is 18.6 Å². The van der Waals surface area contributed by atoms with Gasteiger partial charge in [-0.05, 0) is 19.3 Å². The van der Waals surface area contributed by atoms with Crippen LogP contribution in [0.2, 0.25) is 0 Å². The number of quaternary nitrogens is 1. The average Bonchev–Trinajstić information content (AvgIpc) is 2.84. The average molecular weight is 570 g/mol. The third-order valence-corrected chi connectivity index (χ3v) is 6.25. The van der Waals surface area contributed by atoms with Crippen molar-refractivity contribution in [2.45, 2.75) is 97.8 Å². The molecule has 0 aromatic heterocycles. The Kier molecular flexibility index (Phi) is 24.5. The zero-order valence-corrected chi connectivity index (χ0v) is 25.0. The maximum Gasteiger partial charge on any atom is 0.305 e.